The number of aryl methyl sites for hydroxylation is 1. The second-order valence-corrected chi connectivity index (χ2v) is 5.09. The quantitative estimate of drug-likeness (QED) is 0.815. The molecule has 2 aromatic rings. The molecule has 0 saturated carbocycles. The van der Waals surface area contributed by atoms with Crippen molar-refractivity contribution in [2.45, 2.75) is 12.8 Å². The molecule has 1 amide bonds. The van der Waals surface area contributed by atoms with Crippen LogP contribution in [0.2, 0.25) is 0 Å². The number of benzene rings is 1. The lowest BCUT2D eigenvalue weighted by atomic mass is 10.0. The van der Waals surface area contributed by atoms with Crippen molar-refractivity contribution >= 4 is 17.6 Å². The summed E-state index contributed by atoms with van der Waals surface area (Å²) in [4.78, 5) is 29.7. The zero-order chi connectivity index (χ0) is 15.4. The Morgan fingerprint density at radius 2 is 1.91 bits per heavy atom. The second-order valence-electron chi connectivity index (χ2n) is 5.09. The molecule has 0 spiro atoms. The number of pyridine rings is 1. The van der Waals surface area contributed by atoms with Gasteiger partial charge in [-0.25, -0.2) is 4.79 Å². The number of carbonyl (C=O) groups is 2. The first-order valence-corrected chi connectivity index (χ1v) is 7.21. The summed E-state index contributed by atoms with van der Waals surface area (Å²) in [5, 5.41) is 0. The van der Waals surface area contributed by atoms with Crippen LogP contribution in [0.3, 0.4) is 0 Å². The third-order valence-corrected chi connectivity index (χ3v) is 3.65. The number of anilines is 1. The lowest BCUT2D eigenvalue weighted by Gasteiger charge is -2.29. The van der Waals surface area contributed by atoms with Crippen LogP contribution in [-0.2, 0) is 16.0 Å². The summed E-state index contributed by atoms with van der Waals surface area (Å²) >= 11 is 0. The van der Waals surface area contributed by atoms with Crippen LogP contribution in [0.4, 0.5) is 5.69 Å². The van der Waals surface area contributed by atoms with Crippen LogP contribution in [-0.4, -0.2) is 30.0 Å². The van der Waals surface area contributed by atoms with Crippen LogP contribution in [0, 0.1) is 0 Å². The number of ether oxygens (including phenoxy) is 1. The van der Waals surface area contributed by atoms with E-state index < -0.39 is 5.97 Å². The van der Waals surface area contributed by atoms with Crippen molar-refractivity contribution < 1.29 is 14.3 Å². The molecule has 0 N–H and O–H groups in total. The topological polar surface area (TPSA) is 59.5 Å². The van der Waals surface area contributed by atoms with Crippen LogP contribution in [0.25, 0.3) is 0 Å². The van der Waals surface area contributed by atoms with Gasteiger partial charge in [-0.3, -0.25) is 9.78 Å². The molecule has 1 aromatic heterocycles. The number of aromatic nitrogens is 1. The lowest BCUT2D eigenvalue weighted by molar-refractivity contribution is -0.121. The lowest BCUT2D eigenvalue weighted by Crippen LogP contribution is -2.38. The van der Waals surface area contributed by atoms with Gasteiger partial charge < -0.3 is 9.64 Å². The van der Waals surface area contributed by atoms with Crippen molar-refractivity contribution in [1.29, 1.82) is 0 Å². The van der Waals surface area contributed by atoms with Crippen molar-refractivity contribution in [2.24, 2.45) is 0 Å². The molecule has 0 saturated heterocycles. The average Bonchev–Trinajstić information content (AvgIpc) is 2.59. The van der Waals surface area contributed by atoms with E-state index >= 15 is 0 Å². The second kappa shape index (κ2) is 6.39. The number of carbonyl (C=O) groups excluding carboxylic acids is 2. The molecule has 1 aliphatic heterocycles. The maximum atomic E-state index is 12.3. The van der Waals surface area contributed by atoms with E-state index in [0.717, 1.165) is 24.1 Å². The minimum absolute atomic E-state index is 0.199. The van der Waals surface area contributed by atoms with Gasteiger partial charge in [0, 0.05) is 24.6 Å². The zero-order valence-corrected chi connectivity index (χ0v) is 12.1. The van der Waals surface area contributed by atoms with Gasteiger partial charge in [0.1, 0.15) is 0 Å². The monoisotopic (exact) mass is 296 g/mol. The van der Waals surface area contributed by atoms with Gasteiger partial charge in [-0.15, -0.1) is 0 Å². The molecule has 1 aromatic carbocycles. The molecule has 22 heavy (non-hydrogen) atoms. The first-order chi connectivity index (χ1) is 10.8. The summed E-state index contributed by atoms with van der Waals surface area (Å²) in [6, 6.07) is 10.9. The first-order valence-electron chi connectivity index (χ1n) is 7.21. The number of hydrogen-bond donors (Lipinski definition) is 0. The molecule has 1 aliphatic rings. The van der Waals surface area contributed by atoms with Crippen LogP contribution >= 0.6 is 0 Å². The molecular weight excluding hydrogens is 280 g/mol. The number of rotatable bonds is 3. The van der Waals surface area contributed by atoms with Gasteiger partial charge in [0.2, 0.25) is 0 Å². The molecule has 0 aliphatic carbocycles. The van der Waals surface area contributed by atoms with E-state index in [1.165, 1.54) is 12.4 Å². The Bertz CT molecular complexity index is 685. The smallest absolute Gasteiger partial charge is 0.338 e. The van der Waals surface area contributed by atoms with E-state index in [-0.39, 0.29) is 12.5 Å². The molecule has 0 unspecified atom stereocenters. The van der Waals surface area contributed by atoms with E-state index in [1.54, 1.807) is 17.0 Å². The molecule has 112 valence electrons. The molecule has 3 rings (SSSR count). The van der Waals surface area contributed by atoms with Crippen LogP contribution in [0.1, 0.15) is 22.3 Å². The molecule has 0 bridgehead atoms. The highest BCUT2D eigenvalue weighted by atomic mass is 16.5. The van der Waals surface area contributed by atoms with Gasteiger partial charge in [-0.05, 0) is 36.6 Å². The number of fused-ring (bicyclic) bond motifs is 1. The molecular formula is C17H16N2O3. The average molecular weight is 296 g/mol. The van der Waals surface area contributed by atoms with Crippen LogP contribution in [0.15, 0.2) is 48.8 Å². The maximum absolute atomic E-state index is 12.3. The highest BCUT2D eigenvalue weighted by Gasteiger charge is 2.23. The fourth-order valence-electron chi connectivity index (χ4n) is 2.57. The van der Waals surface area contributed by atoms with Gasteiger partial charge in [-0.1, -0.05) is 18.2 Å². The molecule has 5 nitrogen and oxygen atoms in total. The predicted molar refractivity (Wildman–Crippen MR) is 81.6 cm³/mol. The third kappa shape index (κ3) is 2.98. The number of nitrogens with zero attached hydrogens (tertiary/aromatic N) is 2. The summed E-state index contributed by atoms with van der Waals surface area (Å²) in [5.74, 6) is -0.712. The summed E-state index contributed by atoms with van der Waals surface area (Å²) in [6.07, 6.45) is 4.91. The number of amides is 1. The van der Waals surface area contributed by atoms with E-state index in [9.17, 15) is 9.59 Å². The Morgan fingerprint density at radius 3 is 2.73 bits per heavy atom. The minimum Gasteiger partial charge on any atom is -0.452 e. The Labute approximate surface area is 128 Å². The third-order valence-electron chi connectivity index (χ3n) is 3.65. The Morgan fingerprint density at radius 1 is 1.14 bits per heavy atom. The standard InChI is InChI=1S/C17H16N2O3/c20-16(12-22-17(21)14-7-9-18-10-8-14)19-11-3-5-13-4-1-2-6-15(13)19/h1-2,4,6-10H,3,5,11-12H2. The van der Waals surface area contributed by atoms with Crippen LogP contribution < -0.4 is 4.90 Å². The number of esters is 1. The fraction of sp³-hybridized carbons (Fsp3) is 0.235. The van der Waals surface area contributed by atoms with Crippen molar-refractivity contribution in [2.75, 3.05) is 18.1 Å². The van der Waals surface area contributed by atoms with Crippen LogP contribution in [0.5, 0.6) is 0 Å². The number of hydrogen-bond acceptors (Lipinski definition) is 4. The Balaban J connectivity index is 1.65. The molecule has 0 atom stereocenters. The fourth-order valence-corrected chi connectivity index (χ4v) is 2.57. The largest absolute Gasteiger partial charge is 0.452 e. The van der Waals surface area contributed by atoms with Gasteiger partial charge in [-0.2, -0.15) is 0 Å². The zero-order valence-electron chi connectivity index (χ0n) is 12.1. The van der Waals surface area contributed by atoms with Gasteiger partial charge in [0.05, 0.1) is 5.56 Å². The summed E-state index contributed by atoms with van der Waals surface area (Å²) in [7, 11) is 0. The Hall–Kier alpha value is -2.69. The van der Waals surface area contributed by atoms with Crippen molar-refractivity contribution in [3.63, 3.8) is 0 Å². The van der Waals surface area contributed by atoms with E-state index in [0.29, 0.717) is 12.1 Å². The van der Waals surface area contributed by atoms with E-state index in [1.807, 2.05) is 24.3 Å². The van der Waals surface area contributed by atoms with Gasteiger partial charge in [0.25, 0.3) is 5.91 Å². The van der Waals surface area contributed by atoms with Crippen molar-refractivity contribution in [3.05, 3.63) is 59.9 Å². The van der Waals surface area contributed by atoms with Crippen molar-refractivity contribution in [3.8, 4) is 0 Å². The summed E-state index contributed by atoms with van der Waals surface area (Å²) < 4.78 is 5.10. The highest BCUT2D eigenvalue weighted by Crippen LogP contribution is 2.26. The Kier molecular flexibility index (Phi) is 4.14. The van der Waals surface area contributed by atoms with Crippen molar-refractivity contribution in [1.82, 2.24) is 4.98 Å². The first kappa shape index (κ1) is 14.3. The van der Waals surface area contributed by atoms with Gasteiger partial charge in [0.15, 0.2) is 6.61 Å². The maximum Gasteiger partial charge on any atom is 0.338 e. The SMILES string of the molecule is O=C(OCC(=O)N1CCCc2ccccc21)c1ccncc1. The van der Waals surface area contributed by atoms with E-state index in [4.69, 9.17) is 4.74 Å². The molecule has 0 radical (unpaired) electrons. The molecule has 5 heteroatoms. The summed E-state index contributed by atoms with van der Waals surface area (Å²) in [6.45, 7) is 0.401. The molecule has 0 fully saturated rings. The highest BCUT2D eigenvalue weighted by molar-refractivity contribution is 5.97. The molecule has 2 heterocycles. The summed E-state index contributed by atoms with van der Waals surface area (Å²) in [5.41, 5.74) is 2.46. The predicted octanol–water partition coefficient (Wildman–Crippen LogP) is 2.22. The number of para-hydroxylation sites is 1. The van der Waals surface area contributed by atoms with E-state index in [2.05, 4.69) is 4.98 Å². The van der Waals surface area contributed by atoms with Gasteiger partial charge >= 0.3 is 5.97 Å². The normalized spacial score (nSPS) is 13.4. The minimum atomic E-state index is -0.513.